The highest BCUT2D eigenvalue weighted by molar-refractivity contribution is 5.97. The standard InChI is InChI=1S/C23H30N2O3/c1-18-7-2-3-8-19(18)17-28-22-10-5-4-9-21(22)23(26)25-14-11-20(12-15-25)27-16-6-13-24/h2-5,7-10,20H,6,11-17,24H2,1H3. The van der Waals surface area contributed by atoms with Crippen LogP contribution in [0.1, 0.15) is 40.7 Å². The van der Waals surface area contributed by atoms with Crippen LogP contribution in [0.3, 0.4) is 0 Å². The highest BCUT2D eigenvalue weighted by atomic mass is 16.5. The molecule has 0 aromatic heterocycles. The number of rotatable bonds is 8. The summed E-state index contributed by atoms with van der Waals surface area (Å²) in [5.41, 5.74) is 8.44. The molecule has 0 spiro atoms. The second kappa shape index (κ2) is 10.2. The van der Waals surface area contributed by atoms with Gasteiger partial charge in [-0.1, -0.05) is 36.4 Å². The lowest BCUT2D eigenvalue weighted by atomic mass is 10.1. The van der Waals surface area contributed by atoms with Crippen molar-refractivity contribution in [2.45, 2.75) is 38.9 Å². The van der Waals surface area contributed by atoms with Crippen molar-refractivity contribution in [3.63, 3.8) is 0 Å². The number of hydrogen-bond acceptors (Lipinski definition) is 4. The zero-order chi connectivity index (χ0) is 19.8. The molecule has 150 valence electrons. The summed E-state index contributed by atoms with van der Waals surface area (Å²) >= 11 is 0. The Hall–Kier alpha value is -2.37. The fourth-order valence-electron chi connectivity index (χ4n) is 3.43. The first-order valence-electron chi connectivity index (χ1n) is 10.1. The summed E-state index contributed by atoms with van der Waals surface area (Å²) in [6.07, 6.45) is 2.83. The van der Waals surface area contributed by atoms with Gasteiger partial charge in [0.05, 0.1) is 11.7 Å². The maximum Gasteiger partial charge on any atom is 0.257 e. The fourth-order valence-corrected chi connectivity index (χ4v) is 3.43. The summed E-state index contributed by atoms with van der Waals surface area (Å²) in [7, 11) is 0. The molecule has 1 aliphatic heterocycles. The van der Waals surface area contributed by atoms with E-state index in [1.165, 1.54) is 5.56 Å². The summed E-state index contributed by atoms with van der Waals surface area (Å²) in [4.78, 5) is 15.0. The number of hydrogen-bond donors (Lipinski definition) is 1. The highest BCUT2D eigenvalue weighted by Crippen LogP contribution is 2.24. The van der Waals surface area contributed by atoms with Gasteiger partial charge in [-0.3, -0.25) is 4.79 Å². The number of amides is 1. The summed E-state index contributed by atoms with van der Waals surface area (Å²) in [5.74, 6) is 0.665. The Kier molecular flexibility index (Phi) is 7.46. The molecule has 1 amide bonds. The van der Waals surface area contributed by atoms with E-state index in [-0.39, 0.29) is 12.0 Å². The van der Waals surface area contributed by atoms with Crippen LogP contribution in [0.25, 0.3) is 0 Å². The van der Waals surface area contributed by atoms with Crippen LogP contribution >= 0.6 is 0 Å². The van der Waals surface area contributed by atoms with E-state index in [1.54, 1.807) is 0 Å². The Morgan fingerprint density at radius 2 is 1.82 bits per heavy atom. The van der Waals surface area contributed by atoms with Crippen molar-refractivity contribution in [1.82, 2.24) is 4.90 Å². The zero-order valence-corrected chi connectivity index (χ0v) is 16.6. The van der Waals surface area contributed by atoms with E-state index in [0.29, 0.717) is 44.2 Å². The van der Waals surface area contributed by atoms with E-state index >= 15 is 0 Å². The molecule has 0 unspecified atom stereocenters. The van der Waals surface area contributed by atoms with E-state index in [4.69, 9.17) is 15.2 Å². The van der Waals surface area contributed by atoms with Gasteiger partial charge in [0.1, 0.15) is 12.4 Å². The van der Waals surface area contributed by atoms with Gasteiger partial charge in [-0.05, 0) is 56.0 Å². The van der Waals surface area contributed by atoms with Gasteiger partial charge < -0.3 is 20.1 Å². The topological polar surface area (TPSA) is 64.8 Å². The SMILES string of the molecule is Cc1ccccc1COc1ccccc1C(=O)N1CCC(OCCCN)CC1. The van der Waals surface area contributed by atoms with Gasteiger partial charge in [0, 0.05) is 19.7 Å². The molecule has 0 radical (unpaired) electrons. The van der Waals surface area contributed by atoms with E-state index in [9.17, 15) is 4.79 Å². The molecule has 5 heteroatoms. The predicted octanol–water partition coefficient (Wildman–Crippen LogP) is 3.54. The van der Waals surface area contributed by atoms with E-state index in [1.807, 2.05) is 41.3 Å². The first kappa shape index (κ1) is 20.4. The summed E-state index contributed by atoms with van der Waals surface area (Å²) in [6, 6.07) is 15.6. The average molecular weight is 383 g/mol. The summed E-state index contributed by atoms with van der Waals surface area (Å²) in [6.45, 7) is 5.28. The molecule has 0 saturated carbocycles. The van der Waals surface area contributed by atoms with Crippen LogP contribution in [0.4, 0.5) is 0 Å². The van der Waals surface area contributed by atoms with Crippen LogP contribution in [0.2, 0.25) is 0 Å². The maximum absolute atomic E-state index is 13.1. The van der Waals surface area contributed by atoms with Crippen LogP contribution in [0.5, 0.6) is 5.75 Å². The number of nitrogens with zero attached hydrogens (tertiary/aromatic N) is 1. The number of carbonyl (C=O) groups excluding carboxylic acids is 1. The third kappa shape index (κ3) is 5.33. The third-order valence-corrected chi connectivity index (χ3v) is 5.19. The minimum absolute atomic E-state index is 0.0285. The van der Waals surface area contributed by atoms with Gasteiger partial charge in [-0.15, -0.1) is 0 Å². The fraction of sp³-hybridized carbons (Fsp3) is 0.435. The molecule has 5 nitrogen and oxygen atoms in total. The number of carbonyl (C=O) groups is 1. The lowest BCUT2D eigenvalue weighted by molar-refractivity contribution is 0.00835. The van der Waals surface area contributed by atoms with Crippen LogP contribution in [-0.4, -0.2) is 43.2 Å². The number of nitrogens with two attached hydrogens (primary N) is 1. The van der Waals surface area contributed by atoms with Crippen molar-refractivity contribution in [3.8, 4) is 5.75 Å². The molecule has 2 aromatic carbocycles. The molecular weight excluding hydrogens is 352 g/mol. The van der Waals surface area contributed by atoms with E-state index in [0.717, 1.165) is 24.8 Å². The largest absolute Gasteiger partial charge is 0.488 e. The number of benzene rings is 2. The first-order chi connectivity index (χ1) is 13.7. The molecule has 1 saturated heterocycles. The van der Waals surface area contributed by atoms with Crippen molar-refractivity contribution in [2.75, 3.05) is 26.2 Å². The third-order valence-electron chi connectivity index (χ3n) is 5.19. The second-order valence-electron chi connectivity index (χ2n) is 7.22. The Balaban J connectivity index is 1.59. The number of para-hydroxylation sites is 1. The van der Waals surface area contributed by atoms with Crippen molar-refractivity contribution >= 4 is 5.91 Å². The Morgan fingerprint density at radius 1 is 1.11 bits per heavy atom. The Bertz CT molecular complexity index is 770. The van der Waals surface area contributed by atoms with Crippen molar-refractivity contribution in [3.05, 3.63) is 65.2 Å². The molecule has 0 atom stereocenters. The van der Waals surface area contributed by atoms with Crippen molar-refractivity contribution in [1.29, 1.82) is 0 Å². The zero-order valence-electron chi connectivity index (χ0n) is 16.6. The van der Waals surface area contributed by atoms with Gasteiger partial charge in [-0.25, -0.2) is 0 Å². The smallest absolute Gasteiger partial charge is 0.257 e. The minimum Gasteiger partial charge on any atom is -0.488 e. The van der Waals surface area contributed by atoms with Crippen molar-refractivity contribution < 1.29 is 14.3 Å². The number of ether oxygens (including phenoxy) is 2. The summed E-state index contributed by atoms with van der Waals surface area (Å²) in [5, 5.41) is 0. The molecule has 3 rings (SSSR count). The van der Waals surface area contributed by atoms with Gasteiger partial charge in [0.2, 0.25) is 0 Å². The monoisotopic (exact) mass is 382 g/mol. The Morgan fingerprint density at radius 3 is 2.57 bits per heavy atom. The quantitative estimate of drug-likeness (QED) is 0.709. The second-order valence-corrected chi connectivity index (χ2v) is 7.22. The predicted molar refractivity (Wildman–Crippen MR) is 111 cm³/mol. The molecular formula is C23H30N2O3. The molecule has 1 aliphatic rings. The summed E-state index contributed by atoms with van der Waals surface area (Å²) < 4.78 is 11.9. The Labute approximate surface area is 167 Å². The van der Waals surface area contributed by atoms with Crippen LogP contribution in [-0.2, 0) is 11.3 Å². The maximum atomic E-state index is 13.1. The average Bonchev–Trinajstić information content (AvgIpc) is 2.74. The van der Waals surface area contributed by atoms with Crippen LogP contribution in [0, 0.1) is 6.92 Å². The molecule has 28 heavy (non-hydrogen) atoms. The van der Waals surface area contributed by atoms with Crippen LogP contribution < -0.4 is 10.5 Å². The molecule has 1 fully saturated rings. The van der Waals surface area contributed by atoms with Crippen molar-refractivity contribution in [2.24, 2.45) is 5.73 Å². The van der Waals surface area contributed by atoms with Crippen LogP contribution in [0.15, 0.2) is 48.5 Å². The first-order valence-corrected chi connectivity index (χ1v) is 10.1. The van der Waals surface area contributed by atoms with Gasteiger partial charge >= 0.3 is 0 Å². The number of aryl methyl sites for hydroxylation is 1. The normalized spacial score (nSPS) is 14.9. The number of likely N-dealkylation sites (tertiary alicyclic amines) is 1. The van der Waals surface area contributed by atoms with E-state index in [2.05, 4.69) is 19.1 Å². The minimum atomic E-state index is 0.0285. The molecule has 2 N–H and O–H groups in total. The molecule has 1 heterocycles. The molecule has 0 bridgehead atoms. The van der Waals surface area contributed by atoms with Gasteiger partial charge in [-0.2, -0.15) is 0 Å². The lowest BCUT2D eigenvalue weighted by Crippen LogP contribution is -2.41. The molecule has 0 aliphatic carbocycles. The molecule has 2 aromatic rings. The van der Waals surface area contributed by atoms with E-state index < -0.39 is 0 Å². The lowest BCUT2D eigenvalue weighted by Gasteiger charge is -2.32. The van der Waals surface area contributed by atoms with Gasteiger partial charge in [0.25, 0.3) is 5.91 Å². The highest BCUT2D eigenvalue weighted by Gasteiger charge is 2.25. The van der Waals surface area contributed by atoms with Gasteiger partial charge in [0.15, 0.2) is 0 Å². The number of piperidine rings is 1.